The zero-order valence-corrected chi connectivity index (χ0v) is 6.61. The van der Waals surface area contributed by atoms with Gasteiger partial charge in [-0.3, -0.25) is 9.59 Å². The smallest absolute Gasteiger partial charge is 0.323 e. The van der Waals surface area contributed by atoms with Gasteiger partial charge in [0.1, 0.15) is 6.04 Å². The highest BCUT2D eigenvalue weighted by Gasteiger charge is 2.17. The molecular formula is C6H11NO5. The molecule has 0 saturated heterocycles. The lowest BCUT2D eigenvalue weighted by Crippen LogP contribution is -2.34. The maximum atomic E-state index is 10.5. The van der Waals surface area contributed by atoms with E-state index in [0.717, 1.165) is 0 Å². The highest BCUT2D eigenvalue weighted by molar-refractivity contribution is 5.75. The number of ether oxygens (including phenoxy) is 1. The van der Waals surface area contributed by atoms with Crippen molar-refractivity contribution in [3.05, 3.63) is 0 Å². The first kappa shape index (κ1) is 10.9. The lowest BCUT2D eigenvalue weighted by Gasteiger charge is -2.07. The zero-order valence-electron chi connectivity index (χ0n) is 6.61. The Morgan fingerprint density at radius 3 is 2.50 bits per heavy atom. The number of methoxy groups -OCH3 is 1. The maximum absolute atomic E-state index is 10.5. The first-order valence-corrected chi connectivity index (χ1v) is 3.31. The molecule has 0 spiro atoms. The van der Waals surface area contributed by atoms with Gasteiger partial charge in [0.05, 0.1) is 7.11 Å². The molecule has 3 N–H and O–H groups in total. The number of hydrogen-bond acceptors (Lipinski definition) is 5. The van der Waals surface area contributed by atoms with Gasteiger partial charge in [0.15, 0.2) is 0 Å². The Morgan fingerprint density at radius 1 is 1.58 bits per heavy atom. The Balaban J connectivity index is 3.73. The third-order valence-electron chi connectivity index (χ3n) is 1.32. The van der Waals surface area contributed by atoms with Crippen molar-refractivity contribution in [3.63, 3.8) is 0 Å². The van der Waals surface area contributed by atoms with Crippen molar-refractivity contribution in [2.24, 2.45) is 0 Å². The summed E-state index contributed by atoms with van der Waals surface area (Å²) in [5.41, 5.74) is 1.57. The number of carbonyl (C=O) groups is 2. The van der Waals surface area contributed by atoms with Gasteiger partial charge >= 0.3 is 11.9 Å². The van der Waals surface area contributed by atoms with E-state index in [4.69, 9.17) is 10.3 Å². The second-order valence-electron chi connectivity index (χ2n) is 2.13. The summed E-state index contributed by atoms with van der Waals surface area (Å²) in [6.07, 6.45) is -0.0421. The summed E-state index contributed by atoms with van der Waals surface area (Å²) in [5.74, 6) is -1.71. The summed E-state index contributed by atoms with van der Waals surface area (Å²) in [7, 11) is 1.21. The van der Waals surface area contributed by atoms with Crippen LogP contribution in [0.2, 0.25) is 0 Å². The molecule has 0 aromatic rings. The van der Waals surface area contributed by atoms with Crippen LogP contribution in [0, 0.1) is 0 Å². The molecule has 0 aliphatic heterocycles. The van der Waals surface area contributed by atoms with Gasteiger partial charge in [-0.1, -0.05) is 0 Å². The number of hydrogen-bond donors (Lipinski definition) is 3. The molecule has 12 heavy (non-hydrogen) atoms. The molecule has 1 atom stereocenters. The molecule has 0 aromatic heterocycles. The number of carboxylic acid groups (broad SMARTS) is 1. The number of nitrogens with one attached hydrogen (secondary N) is 1. The molecule has 0 radical (unpaired) electrons. The zero-order chi connectivity index (χ0) is 9.56. The van der Waals surface area contributed by atoms with Crippen LogP contribution in [0.3, 0.4) is 0 Å². The fraction of sp³-hybridized carbons (Fsp3) is 0.667. The Morgan fingerprint density at radius 2 is 2.17 bits per heavy atom. The predicted molar refractivity (Wildman–Crippen MR) is 37.6 cm³/mol. The highest BCUT2D eigenvalue weighted by Crippen LogP contribution is 1.98. The third kappa shape index (κ3) is 3.89. The summed E-state index contributed by atoms with van der Waals surface area (Å²) in [5, 5.41) is 16.7. The average Bonchev–Trinajstić information content (AvgIpc) is 2.04. The molecule has 0 heterocycles. The molecule has 6 heteroatoms. The number of aliphatic carboxylic acids is 1. The van der Waals surface area contributed by atoms with Crippen molar-refractivity contribution < 1.29 is 24.6 Å². The van der Waals surface area contributed by atoms with E-state index in [-0.39, 0.29) is 12.8 Å². The quantitative estimate of drug-likeness (QED) is 0.382. The molecule has 0 aromatic carbocycles. The molecule has 0 amide bonds. The van der Waals surface area contributed by atoms with Crippen LogP contribution in [0.1, 0.15) is 12.8 Å². The Hall–Kier alpha value is -1.14. The molecule has 0 fully saturated rings. The summed E-state index contributed by atoms with van der Waals surface area (Å²) in [6, 6.07) is -1.12. The SMILES string of the molecule is COC(=O)CC[C@H](NO)C(=O)O. The van der Waals surface area contributed by atoms with Gasteiger partial charge in [-0.05, 0) is 6.42 Å². The minimum Gasteiger partial charge on any atom is -0.480 e. The number of carbonyl (C=O) groups excluding carboxylic acids is 1. The Labute approximate surface area is 69.1 Å². The maximum Gasteiger partial charge on any atom is 0.323 e. The normalized spacial score (nSPS) is 12.2. The summed E-state index contributed by atoms with van der Waals surface area (Å²) >= 11 is 0. The molecule has 0 rings (SSSR count). The van der Waals surface area contributed by atoms with Crippen LogP contribution < -0.4 is 5.48 Å². The van der Waals surface area contributed by atoms with Crippen LogP contribution in [-0.4, -0.2) is 35.4 Å². The molecule has 0 saturated carbocycles. The number of rotatable bonds is 5. The molecule has 0 bridgehead atoms. The molecule has 70 valence electrons. The lowest BCUT2D eigenvalue weighted by molar-refractivity contribution is -0.144. The van der Waals surface area contributed by atoms with Crippen LogP contribution >= 0.6 is 0 Å². The van der Waals surface area contributed by atoms with Gasteiger partial charge < -0.3 is 15.1 Å². The molecule has 6 nitrogen and oxygen atoms in total. The van der Waals surface area contributed by atoms with Crippen LogP contribution in [-0.2, 0) is 14.3 Å². The predicted octanol–water partition coefficient (Wildman–Crippen LogP) is -0.628. The summed E-state index contributed by atoms with van der Waals surface area (Å²) in [4.78, 5) is 20.8. The monoisotopic (exact) mass is 177 g/mol. The summed E-state index contributed by atoms with van der Waals surface area (Å²) < 4.78 is 4.28. The fourth-order valence-electron chi connectivity index (χ4n) is 0.607. The minimum absolute atomic E-state index is 0.00148. The van der Waals surface area contributed by atoms with Crippen LogP contribution in [0.25, 0.3) is 0 Å². The highest BCUT2D eigenvalue weighted by atomic mass is 16.5. The minimum atomic E-state index is -1.21. The van der Waals surface area contributed by atoms with Crippen molar-refractivity contribution in [2.75, 3.05) is 7.11 Å². The van der Waals surface area contributed by atoms with E-state index >= 15 is 0 Å². The van der Waals surface area contributed by atoms with E-state index in [1.807, 2.05) is 0 Å². The number of hydroxylamine groups is 1. The van der Waals surface area contributed by atoms with E-state index in [1.54, 1.807) is 5.48 Å². The third-order valence-corrected chi connectivity index (χ3v) is 1.32. The van der Waals surface area contributed by atoms with Gasteiger partial charge in [0.2, 0.25) is 0 Å². The van der Waals surface area contributed by atoms with Gasteiger partial charge in [0, 0.05) is 6.42 Å². The van der Waals surface area contributed by atoms with E-state index in [1.165, 1.54) is 7.11 Å². The van der Waals surface area contributed by atoms with Crippen molar-refractivity contribution in [2.45, 2.75) is 18.9 Å². The van der Waals surface area contributed by atoms with Crippen molar-refractivity contribution in [3.8, 4) is 0 Å². The number of esters is 1. The topological polar surface area (TPSA) is 95.9 Å². The van der Waals surface area contributed by atoms with E-state index in [2.05, 4.69) is 4.74 Å². The van der Waals surface area contributed by atoms with E-state index in [0.29, 0.717) is 0 Å². The van der Waals surface area contributed by atoms with E-state index < -0.39 is 18.0 Å². The first-order valence-electron chi connectivity index (χ1n) is 3.31. The van der Waals surface area contributed by atoms with Gasteiger partial charge in [-0.25, -0.2) is 0 Å². The first-order chi connectivity index (χ1) is 5.61. The molecule has 0 aliphatic carbocycles. The van der Waals surface area contributed by atoms with E-state index in [9.17, 15) is 9.59 Å². The Bertz CT molecular complexity index is 169. The van der Waals surface area contributed by atoms with Gasteiger partial charge in [-0.15, -0.1) is 0 Å². The van der Waals surface area contributed by atoms with Gasteiger partial charge in [-0.2, -0.15) is 5.48 Å². The summed E-state index contributed by atoms with van der Waals surface area (Å²) in [6.45, 7) is 0. The Kier molecular flexibility index (Phi) is 4.98. The van der Waals surface area contributed by atoms with Crippen molar-refractivity contribution >= 4 is 11.9 Å². The van der Waals surface area contributed by atoms with Crippen LogP contribution in [0.15, 0.2) is 0 Å². The molecule has 0 unspecified atom stereocenters. The molecule has 0 aliphatic rings. The second kappa shape index (κ2) is 5.50. The molecular weight excluding hydrogens is 166 g/mol. The average molecular weight is 177 g/mol. The van der Waals surface area contributed by atoms with Crippen molar-refractivity contribution in [1.82, 2.24) is 5.48 Å². The second-order valence-corrected chi connectivity index (χ2v) is 2.13. The largest absolute Gasteiger partial charge is 0.480 e. The fourth-order valence-corrected chi connectivity index (χ4v) is 0.607. The van der Waals surface area contributed by atoms with Crippen LogP contribution in [0.5, 0.6) is 0 Å². The standard InChI is InChI=1S/C6H11NO5/c1-12-5(8)3-2-4(7-11)6(9)10/h4,7,11H,2-3H2,1H3,(H,9,10)/t4-/m0/s1. The lowest BCUT2D eigenvalue weighted by atomic mass is 10.2. The van der Waals surface area contributed by atoms with Crippen LogP contribution in [0.4, 0.5) is 0 Å². The number of carboxylic acids is 1. The van der Waals surface area contributed by atoms with Gasteiger partial charge in [0.25, 0.3) is 0 Å². The van der Waals surface area contributed by atoms with Crippen molar-refractivity contribution in [1.29, 1.82) is 0 Å².